The van der Waals surface area contributed by atoms with E-state index in [1.54, 1.807) is 44.2 Å². The molecule has 0 unspecified atom stereocenters. The highest BCUT2D eigenvalue weighted by atomic mass is 16.4. The van der Waals surface area contributed by atoms with E-state index in [4.69, 9.17) is 28.7 Å². The Labute approximate surface area is 265 Å². The van der Waals surface area contributed by atoms with E-state index in [1.807, 2.05) is 0 Å². The van der Waals surface area contributed by atoms with Crippen molar-refractivity contribution in [3.8, 4) is 0 Å². The zero-order valence-corrected chi connectivity index (χ0v) is 25.7. The topological polar surface area (TPSA) is 330 Å². The maximum Gasteiger partial charge on any atom is 0.326 e. The second kappa shape index (κ2) is 19.2. The van der Waals surface area contributed by atoms with Crippen molar-refractivity contribution in [1.82, 2.24) is 21.3 Å². The molecule has 18 heteroatoms. The van der Waals surface area contributed by atoms with Crippen LogP contribution in [-0.2, 0) is 40.0 Å². The van der Waals surface area contributed by atoms with E-state index in [0.29, 0.717) is 5.56 Å². The maximum absolute atomic E-state index is 13.4. The SMILES string of the molecule is CC(C)[C@H](NC(=O)[C@@H](N)CC(N)=O)C(=O)N[C@@H](CC(N)=O)C(=O)N[C@@H](Cc1ccccc1)C(=O)N[C@@H](CCCN=C(N)N)C(=O)O. The standard InChI is InChI=1S/C28H44N10O8/c1-14(2)22(38-23(41)16(29)12-20(30)39)26(44)37-19(13-21(31)40)25(43)36-18(11-15-7-4-3-5-8-15)24(42)35-17(27(45)46)9-6-10-34-28(32)33/h3-5,7-8,14,16-19,22H,6,9-13,29H2,1-2H3,(H2,30,39)(H2,31,40)(H,35,42)(H,36,43)(H,37,44)(H,38,41)(H,45,46)(H4,32,33,34)/t16-,17-,18-,19-,22-/m0/s1. The molecule has 46 heavy (non-hydrogen) atoms. The first-order valence-corrected chi connectivity index (χ1v) is 14.4. The fraction of sp³-hybridized carbons (Fsp3) is 0.500. The Hall–Kier alpha value is -5.26. The first kappa shape index (κ1) is 38.8. The predicted octanol–water partition coefficient (Wildman–Crippen LogP) is -3.96. The van der Waals surface area contributed by atoms with Gasteiger partial charge in [-0.2, -0.15) is 0 Å². The van der Waals surface area contributed by atoms with Crippen LogP contribution in [0, 0.1) is 5.92 Å². The van der Waals surface area contributed by atoms with E-state index in [-0.39, 0.29) is 31.8 Å². The van der Waals surface area contributed by atoms with E-state index in [9.17, 15) is 38.7 Å². The summed E-state index contributed by atoms with van der Waals surface area (Å²) in [5, 5.41) is 19.3. The van der Waals surface area contributed by atoms with Crippen LogP contribution in [0.15, 0.2) is 35.3 Å². The summed E-state index contributed by atoms with van der Waals surface area (Å²) in [6.45, 7) is 3.29. The van der Waals surface area contributed by atoms with E-state index < -0.39 is 90.4 Å². The number of carbonyl (C=O) groups is 7. The summed E-state index contributed by atoms with van der Waals surface area (Å²) >= 11 is 0. The number of primary amides is 2. The number of hydrogen-bond donors (Lipinski definition) is 10. The number of nitrogens with one attached hydrogen (secondary N) is 4. The molecule has 0 aliphatic heterocycles. The summed E-state index contributed by atoms with van der Waals surface area (Å²) in [4.78, 5) is 91.1. The second-order valence-corrected chi connectivity index (χ2v) is 10.8. The lowest BCUT2D eigenvalue weighted by atomic mass is 10.0. The Kier molecular flexibility index (Phi) is 16.2. The smallest absolute Gasteiger partial charge is 0.326 e. The number of hydrogen-bond acceptors (Lipinski definition) is 9. The molecule has 5 atom stereocenters. The molecule has 0 heterocycles. The number of nitrogens with two attached hydrogens (primary N) is 5. The first-order chi connectivity index (χ1) is 21.5. The summed E-state index contributed by atoms with van der Waals surface area (Å²) in [5.41, 5.74) is 27.2. The van der Waals surface area contributed by atoms with Gasteiger partial charge in [0.25, 0.3) is 0 Å². The zero-order valence-electron chi connectivity index (χ0n) is 25.7. The molecular weight excluding hydrogens is 604 g/mol. The normalized spacial score (nSPS) is 14.0. The number of benzene rings is 1. The molecule has 0 radical (unpaired) electrons. The summed E-state index contributed by atoms with van der Waals surface area (Å²) in [5.74, 6) is -7.42. The molecule has 0 saturated heterocycles. The number of carboxylic acids is 1. The molecule has 18 nitrogen and oxygen atoms in total. The highest BCUT2D eigenvalue weighted by Crippen LogP contribution is 2.08. The van der Waals surface area contributed by atoms with Crippen molar-refractivity contribution in [3.63, 3.8) is 0 Å². The van der Waals surface area contributed by atoms with Gasteiger partial charge in [-0.1, -0.05) is 44.2 Å². The molecule has 6 amide bonds. The highest BCUT2D eigenvalue weighted by Gasteiger charge is 2.33. The van der Waals surface area contributed by atoms with Crippen molar-refractivity contribution in [2.45, 2.75) is 76.2 Å². The molecule has 15 N–H and O–H groups in total. The Morgan fingerprint density at radius 3 is 1.80 bits per heavy atom. The van der Waals surface area contributed by atoms with Gasteiger partial charge in [-0.05, 0) is 24.3 Å². The van der Waals surface area contributed by atoms with Gasteiger partial charge in [0, 0.05) is 13.0 Å². The van der Waals surface area contributed by atoms with Crippen LogP contribution in [0.4, 0.5) is 0 Å². The molecule has 0 aromatic heterocycles. The summed E-state index contributed by atoms with van der Waals surface area (Å²) in [7, 11) is 0. The molecule has 1 aromatic rings. The molecule has 1 rings (SSSR count). The van der Waals surface area contributed by atoms with Gasteiger partial charge < -0.3 is 55.0 Å². The van der Waals surface area contributed by atoms with Crippen molar-refractivity contribution < 1.29 is 38.7 Å². The van der Waals surface area contributed by atoms with Crippen LogP contribution in [-0.4, -0.2) is 89.2 Å². The number of aliphatic imine (C=N–C) groups is 1. The average molecular weight is 649 g/mol. The second-order valence-electron chi connectivity index (χ2n) is 10.8. The number of amides is 6. The first-order valence-electron chi connectivity index (χ1n) is 14.4. The number of carbonyl (C=O) groups excluding carboxylic acids is 6. The van der Waals surface area contributed by atoms with Gasteiger partial charge in [0.1, 0.15) is 24.2 Å². The number of carboxylic acid groups (broad SMARTS) is 1. The lowest BCUT2D eigenvalue weighted by Gasteiger charge is -2.27. The van der Waals surface area contributed by atoms with Crippen molar-refractivity contribution in [3.05, 3.63) is 35.9 Å². The van der Waals surface area contributed by atoms with Crippen LogP contribution >= 0.6 is 0 Å². The van der Waals surface area contributed by atoms with Crippen molar-refractivity contribution in [2.75, 3.05) is 6.54 Å². The zero-order chi connectivity index (χ0) is 35.0. The minimum atomic E-state index is -1.59. The van der Waals surface area contributed by atoms with Crippen LogP contribution in [0.5, 0.6) is 0 Å². The van der Waals surface area contributed by atoms with Crippen LogP contribution in [0.25, 0.3) is 0 Å². The molecule has 0 spiro atoms. The van der Waals surface area contributed by atoms with Gasteiger partial charge in [0.05, 0.1) is 18.9 Å². The third-order valence-electron chi connectivity index (χ3n) is 6.52. The lowest BCUT2D eigenvalue weighted by molar-refractivity contribution is -0.142. The monoisotopic (exact) mass is 648 g/mol. The van der Waals surface area contributed by atoms with Gasteiger partial charge in [-0.3, -0.25) is 33.8 Å². The maximum atomic E-state index is 13.4. The number of aliphatic carboxylic acids is 1. The predicted molar refractivity (Wildman–Crippen MR) is 166 cm³/mol. The van der Waals surface area contributed by atoms with Gasteiger partial charge in [0.2, 0.25) is 35.4 Å². The van der Waals surface area contributed by atoms with Crippen LogP contribution in [0.3, 0.4) is 0 Å². The van der Waals surface area contributed by atoms with Crippen molar-refractivity contribution in [1.29, 1.82) is 0 Å². The van der Waals surface area contributed by atoms with Gasteiger partial charge >= 0.3 is 5.97 Å². The average Bonchev–Trinajstić information content (AvgIpc) is 2.95. The van der Waals surface area contributed by atoms with Crippen molar-refractivity contribution in [2.24, 2.45) is 39.6 Å². The molecular formula is C28H44N10O8. The Morgan fingerprint density at radius 2 is 1.28 bits per heavy atom. The van der Waals surface area contributed by atoms with Gasteiger partial charge in [0.15, 0.2) is 5.96 Å². The Bertz CT molecular complexity index is 1270. The highest BCUT2D eigenvalue weighted by molar-refractivity contribution is 5.97. The van der Waals surface area contributed by atoms with Crippen LogP contribution in [0.1, 0.15) is 45.1 Å². The quantitative estimate of drug-likeness (QED) is 0.0369. The molecule has 0 aliphatic carbocycles. The lowest BCUT2D eigenvalue weighted by Crippen LogP contribution is -2.60. The summed E-state index contributed by atoms with van der Waals surface area (Å²) in [6.07, 6.45) is -1.05. The van der Waals surface area contributed by atoms with E-state index in [2.05, 4.69) is 26.3 Å². The molecule has 0 saturated carbocycles. The minimum absolute atomic E-state index is 0.0321. The summed E-state index contributed by atoms with van der Waals surface area (Å²) < 4.78 is 0. The fourth-order valence-electron chi connectivity index (χ4n) is 4.14. The van der Waals surface area contributed by atoms with E-state index >= 15 is 0 Å². The summed E-state index contributed by atoms with van der Waals surface area (Å²) in [6, 6.07) is 1.59. The number of nitrogens with zero attached hydrogens (tertiary/aromatic N) is 1. The molecule has 0 fully saturated rings. The number of guanidine groups is 1. The Balaban J connectivity index is 3.21. The van der Waals surface area contributed by atoms with E-state index in [1.165, 1.54) is 0 Å². The largest absolute Gasteiger partial charge is 0.480 e. The molecule has 1 aromatic carbocycles. The molecule has 254 valence electrons. The van der Waals surface area contributed by atoms with Gasteiger partial charge in [-0.25, -0.2) is 4.79 Å². The van der Waals surface area contributed by atoms with Crippen molar-refractivity contribution >= 4 is 47.4 Å². The Morgan fingerprint density at radius 1 is 0.739 bits per heavy atom. The third kappa shape index (κ3) is 14.5. The van der Waals surface area contributed by atoms with Crippen LogP contribution in [0.2, 0.25) is 0 Å². The van der Waals surface area contributed by atoms with Gasteiger partial charge in [-0.15, -0.1) is 0 Å². The minimum Gasteiger partial charge on any atom is -0.480 e. The third-order valence-corrected chi connectivity index (χ3v) is 6.52. The van der Waals surface area contributed by atoms with E-state index in [0.717, 1.165) is 0 Å². The number of rotatable bonds is 20. The molecule has 0 aliphatic rings. The van der Waals surface area contributed by atoms with Crippen LogP contribution < -0.4 is 49.9 Å². The molecule has 0 bridgehead atoms. The fourth-order valence-corrected chi connectivity index (χ4v) is 4.14.